The van der Waals surface area contributed by atoms with Crippen molar-refractivity contribution in [1.29, 1.82) is 0 Å². The highest BCUT2D eigenvalue weighted by Crippen LogP contribution is 2.17. The number of nitrogens with zero attached hydrogens (tertiary/aromatic N) is 2. The summed E-state index contributed by atoms with van der Waals surface area (Å²) in [6.07, 6.45) is 10.6. The van der Waals surface area contributed by atoms with E-state index in [2.05, 4.69) is 16.1 Å². The second-order valence-corrected chi connectivity index (χ2v) is 7.10. The van der Waals surface area contributed by atoms with Gasteiger partial charge in [0.25, 0.3) is 5.91 Å². The molecule has 0 aliphatic carbocycles. The van der Waals surface area contributed by atoms with E-state index in [9.17, 15) is 9.59 Å². The lowest BCUT2D eigenvalue weighted by atomic mass is 10.0. The van der Waals surface area contributed by atoms with Crippen molar-refractivity contribution in [3.05, 3.63) is 35.4 Å². The van der Waals surface area contributed by atoms with Crippen LogP contribution in [0.2, 0.25) is 0 Å². The first-order chi connectivity index (χ1) is 12.7. The zero-order valence-electron chi connectivity index (χ0n) is 15.2. The molecule has 1 N–H and O–H groups in total. The third-order valence-electron chi connectivity index (χ3n) is 5.27. The minimum absolute atomic E-state index is 0.0390. The highest BCUT2D eigenvalue weighted by molar-refractivity contribution is 5.94. The second-order valence-electron chi connectivity index (χ2n) is 7.10. The average molecular weight is 353 g/mol. The van der Waals surface area contributed by atoms with Crippen LogP contribution in [0.15, 0.2) is 24.3 Å². The van der Waals surface area contributed by atoms with Crippen LogP contribution in [0.5, 0.6) is 0 Å². The highest BCUT2D eigenvalue weighted by atomic mass is 16.2. The van der Waals surface area contributed by atoms with E-state index in [-0.39, 0.29) is 17.9 Å². The van der Waals surface area contributed by atoms with E-state index in [1.54, 1.807) is 0 Å². The molecule has 1 atom stereocenters. The number of terminal acetylenes is 1. The number of hydrogen-bond donors (Lipinski definition) is 1. The summed E-state index contributed by atoms with van der Waals surface area (Å²) >= 11 is 0. The Hall–Kier alpha value is -2.32. The number of amides is 2. The Bertz CT molecular complexity index is 671. The molecule has 2 heterocycles. The maximum atomic E-state index is 12.5. The molecule has 2 aliphatic rings. The summed E-state index contributed by atoms with van der Waals surface area (Å²) in [6.45, 7) is 3.58. The van der Waals surface area contributed by atoms with Gasteiger partial charge in [-0.15, -0.1) is 6.42 Å². The molecule has 26 heavy (non-hydrogen) atoms. The largest absolute Gasteiger partial charge is 0.351 e. The Labute approximate surface area is 155 Å². The number of hydrogen-bond acceptors (Lipinski definition) is 3. The summed E-state index contributed by atoms with van der Waals surface area (Å²) in [4.78, 5) is 28.9. The van der Waals surface area contributed by atoms with Gasteiger partial charge in [-0.3, -0.25) is 14.5 Å². The Morgan fingerprint density at radius 2 is 1.77 bits per heavy atom. The van der Waals surface area contributed by atoms with Gasteiger partial charge in [-0.1, -0.05) is 24.5 Å². The van der Waals surface area contributed by atoms with Gasteiger partial charge in [0.1, 0.15) is 0 Å². The van der Waals surface area contributed by atoms with E-state index < -0.39 is 0 Å². The number of piperidine rings is 1. The first kappa shape index (κ1) is 18.5. The number of likely N-dealkylation sites (tertiary alicyclic amines) is 2. The van der Waals surface area contributed by atoms with Crippen molar-refractivity contribution in [3.63, 3.8) is 0 Å². The van der Waals surface area contributed by atoms with Crippen LogP contribution >= 0.6 is 0 Å². The van der Waals surface area contributed by atoms with Crippen LogP contribution in [0.4, 0.5) is 0 Å². The van der Waals surface area contributed by atoms with Gasteiger partial charge in [0.05, 0.1) is 12.6 Å². The molecule has 3 rings (SSSR count). The van der Waals surface area contributed by atoms with E-state index in [1.807, 2.05) is 29.2 Å². The van der Waals surface area contributed by atoms with Crippen molar-refractivity contribution in [2.75, 3.05) is 26.2 Å². The van der Waals surface area contributed by atoms with Crippen molar-refractivity contribution < 1.29 is 9.59 Å². The Morgan fingerprint density at radius 3 is 2.46 bits per heavy atom. The fraction of sp³-hybridized carbons (Fsp3) is 0.524. The smallest absolute Gasteiger partial charge is 0.253 e. The molecule has 5 heteroatoms. The van der Waals surface area contributed by atoms with Crippen LogP contribution in [0, 0.1) is 12.3 Å². The normalized spacial score (nSPS) is 20.6. The van der Waals surface area contributed by atoms with Crippen molar-refractivity contribution in [1.82, 2.24) is 15.1 Å². The van der Waals surface area contributed by atoms with Gasteiger partial charge in [-0.25, -0.2) is 0 Å². The fourth-order valence-corrected chi connectivity index (χ4v) is 3.77. The van der Waals surface area contributed by atoms with Crippen LogP contribution in [0.25, 0.3) is 0 Å². The molecule has 5 nitrogen and oxygen atoms in total. The van der Waals surface area contributed by atoms with Crippen LogP contribution in [0.3, 0.4) is 0 Å². The van der Waals surface area contributed by atoms with E-state index in [4.69, 9.17) is 6.42 Å². The quantitative estimate of drug-likeness (QED) is 0.824. The molecule has 1 aromatic carbocycles. The summed E-state index contributed by atoms with van der Waals surface area (Å²) in [7, 11) is 0. The van der Waals surface area contributed by atoms with Gasteiger partial charge in [-0.05, 0) is 49.9 Å². The van der Waals surface area contributed by atoms with Gasteiger partial charge in [0, 0.05) is 25.2 Å². The van der Waals surface area contributed by atoms with Gasteiger partial charge in [-0.2, -0.15) is 0 Å². The SMILES string of the molecule is C#CCN1CCCC[C@@H]1C(=O)NCc1ccc(C(=O)N2CCCC2)cc1. The molecule has 0 aromatic heterocycles. The topological polar surface area (TPSA) is 52.7 Å². The van der Waals surface area contributed by atoms with Gasteiger partial charge in [0.2, 0.25) is 5.91 Å². The lowest BCUT2D eigenvalue weighted by Crippen LogP contribution is -2.49. The molecular formula is C21H27N3O2. The third kappa shape index (κ3) is 4.44. The number of benzene rings is 1. The van der Waals surface area contributed by atoms with Crippen LogP contribution in [-0.2, 0) is 11.3 Å². The zero-order chi connectivity index (χ0) is 18.4. The molecule has 2 fully saturated rings. The molecule has 0 unspecified atom stereocenters. The predicted octanol–water partition coefficient (Wildman–Crippen LogP) is 2.03. The van der Waals surface area contributed by atoms with Crippen LogP contribution < -0.4 is 5.32 Å². The molecule has 1 aromatic rings. The number of nitrogens with one attached hydrogen (secondary N) is 1. The minimum atomic E-state index is -0.129. The molecule has 0 saturated carbocycles. The van der Waals surface area contributed by atoms with Crippen molar-refractivity contribution in [2.45, 2.75) is 44.7 Å². The maximum Gasteiger partial charge on any atom is 0.253 e. The molecule has 2 amide bonds. The summed E-state index contributed by atoms with van der Waals surface area (Å²) in [5.41, 5.74) is 1.71. The summed E-state index contributed by atoms with van der Waals surface area (Å²) in [5, 5.41) is 3.02. The number of carbonyl (C=O) groups is 2. The van der Waals surface area contributed by atoms with E-state index in [1.165, 1.54) is 0 Å². The fourth-order valence-electron chi connectivity index (χ4n) is 3.77. The standard InChI is InChI=1S/C21H27N3O2/c1-2-12-23-13-4-3-7-19(23)20(25)22-16-17-8-10-18(11-9-17)21(26)24-14-5-6-15-24/h1,8-11,19H,3-7,12-16H2,(H,22,25)/t19-/m1/s1. The summed E-state index contributed by atoms with van der Waals surface area (Å²) in [6, 6.07) is 7.42. The van der Waals surface area contributed by atoms with E-state index in [0.717, 1.165) is 62.9 Å². The summed E-state index contributed by atoms with van der Waals surface area (Å²) < 4.78 is 0. The van der Waals surface area contributed by atoms with Crippen molar-refractivity contribution in [2.24, 2.45) is 0 Å². The average Bonchev–Trinajstić information content (AvgIpc) is 3.21. The van der Waals surface area contributed by atoms with Crippen LogP contribution in [-0.4, -0.2) is 53.8 Å². The Morgan fingerprint density at radius 1 is 1.08 bits per heavy atom. The first-order valence-electron chi connectivity index (χ1n) is 9.52. The lowest BCUT2D eigenvalue weighted by molar-refractivity contribution is -0.127. The van der Waals surface area contributed by atoms with Gasteiger partial charge < -0.3 is 10.2 Å². The Balaban J connectivity index is 1.53. The molecule has 0 spiro atoms. The number of carbonyl (C=O) groups excluding carboxylic acids is 2. The van der Waals surface area contributed by atoms with Crippen molar-refractivity contribution >= 4 is 11.8 Å². The lowest BCUT2D eigenvalue weighted by Gasteiger charge is -2.33. The monoisotopic (exact) mass is 353 g/mol. The van der Waals surface area contributed by atoms with Crippen molar-refractivity contribution in [3.8, 4) is 12.3 Å². The minimum Gasteiger partial charge on any atom is -0.351 e. The van der Waals surface area contributed by atoms with E-state index in [0.29, 0.717) is 13.1 Å². The highest BCUT2D eigenvalue weighted by Gasteiger charge is 2.27. The predicted molar refractivity (Wildman–Crippen MR) is 101 cm³/mol. The molecule has 2 aliphatic heterocycles. The van der Waals surface area contributed by atoms with E-state index >= 15 is 0 Å². The molecule has 0 bridgehead atoms. The van der Waals surface area contributed by atoms with Gasteiger partial charge in [0.15, 0.2) is 0 Å². The first-order valence-corrected chi connectivity index (χ1v) is 9.52. The third-order valence-corrected chi connectivity index (χ3v) is 5.27. The molecule has 2 saturated heterocycles. The Kier molecular flexibility index (Phi) is 6.30. The van der Waals surface area contributed by atoms with Crippen LogP contribution in [0.1, 0.15) is 48.0 Å². The molecule has 0 radical (unpaired) electrons. The zero-order valence-corrected chi connectivity index (χ0v) is 15.2. The number of rotatable bonds is 5. The summed E-state index contributed by atoms with van der Waals surface area (Å²) in [5.74, 6) is 2.79. The van der Waals surface area contributed by atoms with Gasteiger partial charge >= 0.3 is 0 Å². The molecular weight excluding hydrogens is 326 g/mol. The maximum absolute atomic E-state index is 12.5. The second kappa shape index (κ2) is 8.86. The molecule has 138 valence electrons.